The number of carbonyl (C=O) groups excluding carboxylic acids is 1. The van der Waals surface area contributed by atoms with Crippen molar-refractivity contribution in [3.05, 3.63) is 66.0 Å². The van der Waals surface area contributed by atoms with Crippen molar-refractivity contribution in [3.63, 3.8) is 0 Å². The van der Waals surface area contributed by atoms with Gasteiger partial charge in [-0.05, 0) is 24.6 Å². The standard InChI is InChI=1S/C16H15FO3S/c1-2-15(16(18)12-7-4-3-5-8-12)21(19,20)14-10-6-9-13(17)11-14/h3-11,15H,2H2,1H3. The Labute approximate surface area is 123 Å². The molecule has 0 bridgehead atoms. The van der Waals surface area contributed by atoms with Crippen LogP contribution in [0.4, 0.5) is 4.39 Å². The summed E-state index contributed by atoms with van der Waals surface area (Å²) in [6, 6.07) is 13.0. The molecule has 0 aliphatic heterocycles. The third-order valence-electron chi connectivity index (χ3n) is 3.22. The van der Waals surface area contributed by atoms with Crippen molar-refractivity contribution in [1.29, 1.82) is 0 Å². The topological polar surface area (TPSA) is 51.2 Å². The van der Waals surface area contributed by atoms with Crippen LogP contribution in [0.15, 0.2) is 59.5 Å². The van der Waals surface area contributed by atoms with Crippen molar-refractivity contribution in [3.8, 4) is 0 Å². The molecule has 0 radical (unpaired) electrons. The Morgan fingerprint density at radius 3 is 2.33 bits per heavy atom. The number of rotatable bonds is 5. The van der Waals surface area contributed by atoms with E-state index in [2.05, 4.69) is 0 Å². The Bertz CT molecular complexity index is 739. The van der Waals surface area contributed by atoms with Crippen molar-refractivity contribution < 1.29 is 17.6 Å². The van der Waals surface area contributed by atoms with E-state index >= 15 is 0 Å². The molecule has 0 spiro atoms. The van der Waals surface area contributed by atoms with Gasteiger partial charge >= 0.3 is 0 Å². The van der Waals surface area contributed by atoms with Gasteiger partial charge in [-0.15, -0.1) is 0 Å². The van der Waals surface area contributed by atoms with Crippen molar-refractivity contribution in [1.82, 2.24) is 0 Å². The zero-order chi connectivity index (χ0) is 15.5. The molecule has 0 heterocycles. The molecule has 1 atom stereocenters. The molecule has 0 aliphatic carbocycles. The minimum atomic E-state index is -3.91. The number of halogens is 1. The Morgan fingerprint density at radius 1 is 1.10 bits per heavy atom. The molecule has 5 heteroatoms. The Kier molecular flexibility index (Phi) is 4.53. The van der Waals surface area contributed by atoms with Gasteiger partial charge in [0, 0.05) is 5.56 Å². The molecule has 0 saturated carbocycles. The van der Waals surface area contributed by atoms with Crippen molar-refractivity contribution >= 4 is 15.6 Å². The zero-order valence-corrected chi connectivity index (χ0v) is 12.3. The number of Topliss-reactive ketones (excluding diaryl/α,β-unsaturated/α-hetero) is 1. The van der Waals surface area contributed by atoms with Gasteiger partial charge in [-0.1, -0.05) is 43.3 Å². The highest BCUT2D eigenvalue weighted by Gasteiger charge is 2.33. The van der Waals surface area contributed by atoms with Gasteiger partial charge in [0.15, 0.2) is 15.6 Å². The number of hydrogen-bond acceptors (Lipinski definition) is 3. The first kappa shape index (κ1) is 15.4. The van der Waals surface area contributed by atoms with Crippen LogP contribution < -0.4 is 0 Å². The third kappa shape index (κ3) is 3.19. The molecule has 0 aliphatic rings. The van der Waals surface area contributed by atoms with Crippen LogP contribution >= 0.6 is 0 Å². The molecule has 1 unspecified atom stereocenters. The minimum Gasteiger partial charge on any atom is -0.293 e. The summed E-state index contributed by atoms with van der Waals surface area (Å²) in [4.78, 5) is 12.2. The van der Waals surface area contributed by atoms with E-state index in [0.29, 0.717) is 5.56 Å². The quantitative estimate of drug-likeness (QED) is 0.797. The first-order valence-electron chi connectivity index (χ1n) is 6.55. The summed E-state index contributed by atoms with van der Waals surface area (Å²) in [6.45, 7) is 1.63. The lowest BCUT2D eigenvalue weighted by molar-refractivity contribution is 0.0985. The van der Waals surface area contributed by atoms with Gasteiger partial charge in [-0.25, -0.2) is 12.8 Å². The van der Waals surface area contributed by atoms with Crippen LogP contribution in [0.25, 0.3) is 0 Å². The lowest BCUT2D eigenvalue weighted by Crippen LogP contribution is -2.30. The SMILES string of the molecule is CCC(C(=O)c1ccccc1)S(=O)(=O)c1cccc(F)c1. The Balaban J connectivity index is 2.43. The Hall–Kier alpha value is -2.01. The normalized spacial score (nSPS) is 12.9. The maximum atomic E-state index is 13.2. The maximum Gasteiger partial charge on any atom is 0.188 e. The molecule has 2 aromatic carbocycles. The number of ketones is 1. The van der Waals surface area contributed by atoms with Crippen molar-refractivity contribution in [2.24, 2.45) is 0 Å². The molecule has 110 valence electrons. The monoisotopic (exact) mass is 306 g/mol. The maximum absolute atomic E-state index is 13.2. The van der Waals surface area contributed by atoms with Crippen LogP contribution in [0.2, 0.25) is 0 Å². The van der Waals surface area contributed by atoms with Crippen LogP contribution in [0.1, 0.15) is 23.7 Å². The molecule has 3 nitrogen and oxygen atoms in total. The van der Waals surface area contributed by atoms with E-state index < -0.39 is 26.7 Å². The van der Waals surface area contributed by atoms with Crippen LogP contribution in [0.3, 0.4) is 0 Å². The summed E-state index contributed by atoms with van der Waals surface area (Å²) in [5, 5.41) is -1.21. The molecule has 0 N–H and O–H groups in total. The molecule has 0 fully saturated rings. The average molecular weight is 306 g/mol. The van der Waals surface area contributed by atoms with Gasteiger partial charge in [0.2, 0.25) is 0 Å². The molecule has 21 heavy (non-hydrogen) atoms. The molecule has 0 amide bonds. The van der Waals surface area contributed by atoms with E-state index in [1.54, 1.807) is 37.3 Å². The van der Waals surface area contributed by atoms with Gasteiger partial charge in [-0.2, -0.15) is 0 Å². The molecular formula is C16H15FO3S. The fourth-order valence-electron chi connectivity index (χ4n) is 2.14. The van der Waals surface area contributed by atoms with E-state index in [0.717, 1.165) is 6.07 Å². The second kappa shape index (κ2) is 6.18. The lowest BCUT2D eigenvalue weighted by atomic mass is 10.1. The highest BCUT2D eigenvalue weighted by Crippen LogP contribution is 2.22. The third-order valence-corrected chi connectivity index (χ3v) is 5.43. The molecule has 0 aromatic heterocycles. The highest BCUT2D eigenvalue weighted by atomic mass is 32.2. The second-order valence-corrected chi connectivity index (χ2v) is 6.76. The predicted molar refractivity (Wildman–Crippen MR) is 78.4 cm³/mol. The van der Waals surface area contributed by atoms with E-state index in [9.17, 15) is 17.6 Å². The summed E-state index contributed by atoms with van der Waals surface area (Å²) < 4.78 is 38.3. The van der Waals surface area contributed by atoms with E-state index in [1.807, 2.05) is 0 Å². The Morgan fingerprint density at radius 2 is 1.76 bits per heavy atom. The number of hydrogen-bond donors (Lipinski definition) is 0. The number of benzene rings is 2. The minimum absolute atomic E-state index is 0.132. The van der Waals surface area contributed by atoms with Crippen molar-refractivity contribution in [2.75, 3.05) is 0 Å². The molecule has 0 saturated heterocycles. The highest BCUT2D eigenvalue weighted by molar-refractivity contribution is 7.92. The van der Waals surface area contributed by atoms with Gasteiger partial charge in [-0.3, -0.25) is 4.79 Å². The van der Waals surface area contributed by atoms with E-state index in [-0.39, 0.29) is 11.3 Å². The van der Waals surface area contributed by atoms with Crippen molar-refractivity contribution in [2.45, 2.75) is 23.5 Å². The average Bonchev–Trinajstić information content (AvgIpc) is 2.48. The van der Waals surface area contributed by atoms with Crippen LogP contribution in [0.5, 0.6) is 0 Å². The van der Waals surface area contributed by atoms with Gasteiger partial charge in [0.1, 0.15) is 11.1 Å². The number of carbonyl (C=O) groups is 1. The molecule has 2 rings (SSSR count). The lowest BCUT2D eigenvalue weighted by Gasteiger charge is -2.15. The first-order valence-corrected chi connectivity index (χ1v) is 8.10. The summed E-state index contributed by atoms with van der Waals surface area (Å²) in [5.41, 5.74) is 0.337. The van der Waals surface area contributed by atoms with Gasteiger partial charge in [0.05, 0.1) is 4.90 Å². The first-order chi connectivity index (χ1) is 9.96. The fourth-order valence-corrected chi connectivity index (χ4v) is 3.87. The molecule has 2 aromatic rings. The summed E-state index contributed by atoms with van der Waals surface area (Å²) in [5.74, 6) is -1.11. The summed E-state index contributed by atoms with van der Waals surface area (Å²) in [6.07, 6.45) is 0.132. The van der Waals surface area contributed by atoms with Crippen LogP contribution in [0, 0.1) is 5.82 Å². The second-order valence-electron chi connectivity index (χ2n) is 4.63. The summed E-state index contributed by atoms with van der Waals surface area (Å²) >= 11 is 0. The largest absolute Gasteiger partial charge is 0.293 e. The smallest absolute Gasteiger partial charge is 0.188 e. The van der Waals surface area contributed by atoms with Gasteiger partial charge < -0.3 is 0 Å². The number of sulfone groups is 1. The van der Waals surface area contributed by atoms with Gasteiger partial charge in [0.25, 0.3) is 0 Å². The fraction of sp³-hybridized carbons (Fsp3) is 0.188. The van der Waals surface area contributed by atoms with Crippen LogP contribution in [-0.4, -0.2) is 19.5 Å². The predicted octanol–water partition coefficient (Wildman–Crippen LogP) is 3.26. The van der Waals surface area contributed by atoms with Crippen LogP contribution in [-0.2, 0) is 9.84 Å². The zero-order valence-electron chi connectivity index (χ0n) is 11.5. The molecular weight excluding hydrogens is 291 g/mol. The summed E-state index contributed by atoms with van der Waals surface area (Å²) in [7, 11) is -3.91. The van der Waals surface area contributed by atoms with E-state index in [1.165, 1.54) is 18.2 Å². The van der Waals surface area contributed by atoms with E-state index in [4.69, 9.17) is 0 Å².